The van der Waals surface area contributed by atoms with Crippen LogP contribution >= 0.6 is 7.82 Å². The summed E-state index contributed by atoms with van der Waals surface area (Å²) in [7, 11) is 0.950. The first kappa shape index (κ1) is 55.8. The van der Waals surface area contributed by atoms with Crippen LogP contribution in [0.4, 0.5) is 0 Å². The molecule has 60 heavy (non-hydrogen) atoms. The van der Waals surface area contributed by atoms with Gasteiger partial charge >= 0.3 is 11.9 Å². The second-order valence-electron chi connectivity index (χ2n) is 17.4. The molecule has 1 aliphatic carbocycles. The van der Waals surface area contributed by atoms with E-state index in [1.165, 1.54) is 19.3 Å². The zero-order chi connectivity index (χ0) is 44.7. The molecular formula is C46H82NO12P. The maximum atomic E-state index is 12.9. The minimum absolute atomic E-state index is 0.0129. The Hall–Kier alpha value is -2.22. The van der Waals surface area contributed by atoms with Crippen LogP contribution in [0.25, 0.3) is 0 Å². The Kier molecular flexibility index (Phi) is 31.0. The summed E-state index contributed by atoms with van der Waals surface area (Å²) in [5.74, 6) is -2.13. The smallest absolute Gasteiger partial charge is 0.306 e. The fraction of sp³-hybridized carbons (Fsp3) is 0.804. The monoisotopic (exact) mass is 872 g/mol. The molecule has 1 rings (SSSR count). The molecule has 7 atom stereocenters. The van der Waals surface area contributed by atoms with Gasteiger partial charge in [0, 0.05) is 43.9 Å². The molecule has 0 aromatic carbocycles. The SMILES string of the molecule is CCCCC/C=C\C/C=C\CCCCCCCC(=O)O[C@H](COC(=O)CCCCC(=O)C[C@@H]1[C@@H](/C=C/[C@@H](O)CCCCC)[C@H](O)C[C@@H]1O)COP(=O)([O-])OCC[N+](C)(C)C. The molecule has 13 nitrogen and oxygen atoms in total. The van der Waals surface area contributed by atoms with Crippen molar-refractivity contribution in [2.24, 2.45) is 11.8 Å². The highest BCUT2D eigenvalue weighted by Crippen LogP contribution is 2.39. The first-order valence-corrected chi connectivity index (χ1v) is 24.3. The van der Waals surface area contributed by atoms with E-state index in [-0.39, 0.29) is 44.5 Å². The van der Waals surface area contributed by atoms with Crippen LogP contribution in [0.3, 0.4) is 0 Å². The number of hydrogen-bond acceptors (Lipinski definition) is 12. The van der Waals surface area contributed by atoms with Crippen molar-refractivity contribution >= 4 is 25.5 Å². The number of nitrogens with zero attached hydrogens (tertiary/aromatic N) is 1. The zero-order valence-corrected chi connectivity index (χ0v) is 38.6. The lowest BCUT2D eigenvalue weighted by Crippen LogP contribution is -2.37. The van der Waals surface area contributed by atoms with Crippen LogP contribution in [0.5, 0.6) is 0 Å². The van der Waals surface area contributed by atoms with E-state index in [1.807, 2.05) is 21.1 Å². The number of hydrogen-bond donors (Lipinski definition) is 3. The van der Waals surface area contributed by atoms with Gasteiger partial charge in [0.2, 0.25) is 0 Å². The van der Waals surface area contributed by atoms with Gasteiger partial charge in [0.1, 0.15) is 25.5 Å². The van der Waals surface area contributed by atoms with Crippen molar-refractivity contribution in [1.29, 1.82) is 0 Å². The molecule has 3 N–H and O–H groups in total. The molecule has 0 spiro atoms. The third-order valence-electron chi connectivity index (χ3n) is 10.6. The number of unbranched alkanes of at least 4 members (excludes halogenated alkanes) is 11. The number of carbonyl (C=O) groups excluding carboxylic acids is 3. The third kappa shape index (κ3) is 29.9. The minimum atomic E-state index is -4.72. The Morgan fingerprint density at radius 1 is 0.767 bits per heavy atom. The summed E-state index contributed by atoms with van der Waals surface area (Å²) >= 11 is 0. The first-order valence-electron chi connectivity index (χ1n) is 22.9. The highest BCUT2D eigenvalue weighted by molar-refractivity contribution is 7.45. The summed E-state index contributed by atoms with van der Waals surface area (Å²) in [6.07, 6.45) is 25.2. The van der Waals surface area contributed by atoms with E-state index in [9.17, 15) is 39.2 Å². The normalized spacial score (nSPS) is 20.6. The van der Waals surface area contributed by atoms with Crippen molar-refractivity contribution in [2.45, 2.75) is 180 Å². The molecule has 14 heteroatoms. The molecule has 0 saturated heterocycles. The molecule has 0 amide bonds. The maximum absolute atomic E-state index is 12.9. The number of phosphoric acid groups is 1. The third-order valence-corrected chi connectivity index (χ3v) is 11.6. The van der Waals surface area contributed by atoms with Crippen LogP contribution < -0.4 is 4.89 Å². The molecule has 0 heterocycles. The molecule has 0 aromatic rings. The van der Waals surface area contributed by atoms with Crippen molar-refractivity contribution in [2.75, 3.05) is 47.5 Å². The molecule has 1 saturated carbocycles. The van der Waals surface area contributed by atoms with E-state index in [4.69, 9.17) is 18.5 Å². The lowest BCUT2D eigenvalue weighted by molar-refractivity contribution is -0.870. The predicted octanol–water partition coefficient (Wildman–Crippen LogP) is 7.84. The summed E-state index contributed by atoms with van der Waals surface area (Å²) in [6, 6.07) is 0. The molecule has 0 aromatic heterocycles. The summed E-state index contributed by atoms with van der Waals surface area (Å²) in [4.78, 5) is 50.6. The van der Waals surface area contributed by atoms with E-state index in [2.05, 4.69) is 38.2 Å². The van der Waals surface area contributed by atoms with Gasteiger partial charge in [-0.1, -0.05) is 102 Å². The van der Waals surface area contributed by atoms with Gasteiger partial charge in [0.05, 0.1) is 46.1 Å². The second kappa shape index (κ2) is 33.4. The van der Waals surface area contributed by atoms with Crippen LogP contribution in [-0.2, 0) is 37.5 Å². The number of aliphatic hydroxyl groups excluding tert-OH is 3. The van der Waals surface area contributed by atoms with Crippen molar-refractivity contribution < 1.29 is 62.2 Å². The largest absolute Gasteiger partial charge is 0.756 e. The van der Waals surface area contributed by atoms with Crippen molar-refractivity contribution in [3.63, 3.8) is 0 Å². The second-order valence-corrected chi connectivity index (χ2v) is 18.8. The molecule has 0 radical (unpaired) electrons. The van der Waals surface area contributed by atoms with E-state index >= 15 is 0 Å². The number of rotatable bonds is 37. The Bertz CT molecular complexity index is 1300. The Morgan fingerprint density at radius 3 is 2.05 bits per heavy atom. The van der Waals surface area contributed by atoms with Crippen LogP contribution in [0.15, 0.2) is 36.5 Å². The molecular weight excluding hydrogens is 789 g/mol. The van der Waals surface area contributed by atoms with E-state index in [0.29, 0.717) is 36.7 Å². The Labute approximate surface area is 362 Å². The lowest BCUT2D eigenvalue weighted by Gasteiger charge is -2.28. The number of esters is 2. The molecule has 1 aliphatic rings. The van der Waals surface area contributed by atoms with Gasteiger partial charge in [-0.05, 0) is 57.8 Å². The van der Waals surface area contributed by atoms with Gasteiger partial charge in [-0.15, -0.1) is 0 Å². The number of likely N-dealkylation sites (N-methyl/N-ethyl adjacent to an activating group) is 1. The standard InChI is InChI=1S/C46H82NO12P/c1-6-8-10-11-12-13-14-15-16-17-18-19-20-21-23-29-46(53)59-40(37-58-60(54,55)57-33-32-47(3,4)5)36-56-45(52)28-25-24-27-39(49)34-42-41(43(50)35-44(42)51)31-30-38(48)26-22-9-7-2/h12-13,15-16,30-31,38,40-44,48,50-51H,6-11,14,17-29,32-37H2,1-5H3/b13-12-,16-15-,31-30+/t38-,40+,41+,42+,43+,44-/m0/s1. The van der Waals surface area contributed by atoms with Gasteiger partial charge < -0.3 is 43.2 Å². The van der Waals surface area contributed by atoms with Crippen LogP contribution in [-0.4, -0.2) is 109 Å². The number of ketones is 1. The van der Waals surface area contributed by atoms with Crippen molar-refractivity contribution in [3.8, 4) is 0 Å². The van der Waals surface area contributed by atoms with Crippen LogP contribution in [0, 0.1) is 11.8 Å². The summed E-state index contributed by atoms with van der Waals surface area (Å²) in [5.41, 5.74) is 0. The van der Waals surface area contributed by atoms with Crippen molar-refractivity contribution in [3.05, 3.63) is 36.5 Å². The highest BCUT2D eigenvalue weighted by atomic mass is 31.2. The number of allylic oxidation sites excluding steroid dienone is 4. The average Bonchev–Trinajstić information content (AvgIpc) is 3.44. The van der Waals surface area contributed by atoms with Gasteiger partial charge in [-0.25, -0.2) is 0 Å². The van der Waals surface area contributed by atoms with Gasteiger partial charge in [-0.3, -0.25) is 18.9 Å². The van der Waals surface area contributed by atoms with E-state index < -0.39 is 69.2 Å². The lowest BCUT2D eigenvalue weighted by atomic mass is 9.87. The average molecular weight is 872 g/mol. The first-order chi connectivity index (χ1) is 28.6. The van der Waals surface area contributed by atoms with Crippen LogP contribution in [0.1, 0.15) is 155 Å². The summed E-state index contributed by atoms with van der Waals surface area (Å²) < 4.78 is 33.7. The Balaban J connectivity index is 2.52. The van der Waals surface area contributed by atoms with E-state index in [0.717, 1.165) is 64.2 Å². The number of carbonyl (C=O) groups is 3. The molecule has 0 aliphatic heterocycles. The van der Waals surface area contributed by atoms with Crippen LogP contribution in [0.2, 0.25) is 0 Å². The number of Topliss-reactive ketones (excluding diaryl/α,β-unsaturated/α-hetero) is 1. The Morgan fingerprint density at radius 2 is 1.37 bits per heavy atom. The van der Waals surface area contributed by atoms with Gasteiger partial charge in [-0.2, -0.15) is 0 Å². The van der Waals surface area contributed by atoms with Crippen molar-refractivity contribution in [1.82, 2.24) is 0 Å². The maximum Gasteiger partial charge on any atom is 0.306 e. The number of ether oxygens (including phenoxy) is 2. The zero-order valence-electron chi connectivity index (χ0n) is 37.7. The highest BCUT2D eigenvalue weighted by Gasteiger charge is 2.41. The summed E-state index contributed by atoms with van der Waals surface area (Å²) in [5, 5.41) is 31.3. The fourth-order valence-electron chi connectivity index (χ4n) is 6.91. The molecule has 348 valence electrons. The topological polar surface area (TPSA) is 189 Å². The number of quaternary nitrogens is 1. The van der Waals surface area contributed by atoms with Gasteiger partial charge in [0.15, 0.2) is 6.10 Å². The predicted molar refractivity (Wildman–Crippen MR) is 234 cm³/mol. The van der Waals surface area contributed by atoms with Gasteiger partial charge in [0.25, 0.3) is 7.82 Å². The quantitative estimate of drug-likeness (QED) is 0.0181. The molecule has 1 fully saturated rings. The fourth-order valence-corrected chi connectivity index (χ4v) is 7.64. The molecule has 1 unspecified atom stereocenters. The van der Waals surface area contributed by atoms with E-state index in [1.54, 1.807) is 12.2 Å². The number of aliphatic hydroxyl groups is 3. The number of phosphoric ester groups is 1. The molecule has 0 bridgehead atoms. The summed E-state index contributed by atoms with van der Waals surface area (Å²) in [6.45, 7) is 3.64. The minimum Gasteiger partial charge on any atom is -0.756 e.